The summed E-state index contributed by atoms with van der Waals surface area (Å²) in [5.41, 5.74) is 0.608. The first-order chi connectivity index (χ1) is 10.1. The van der Waals surface area contributed by atoms with Crippen LogP contribution in [0.2, 0.25) is 0 Å². The molecule has 2 rings (SSSR count). The third-order valence-corrected chi connectivity index (χ3v) is 4.47. The summed E-state index contributed by atoms with van der Waals surface area (Å²) in [6, 6.07) is 6.88. The Balaban J connectivity index is 1.97. The summed E-state index contributed by atoms with van der Waals surface area (Å²) in [5, 5.41) is 10.8. The van der Waals surface area contributed by atoms with E-state index in [1.807, 2.05) is 6.07 Å². The number of sulfonamides is 1. The van der Waals surface area contributed by atoms with Gasteiger partial charge >= 0.3 is 0 Å². The Bertz CT molecular complexity index is 655. The van der Waals surface area contributed by atoms with Crippen molar-refractivity contribution in [1.29, 1.82) is 0 Å². The fourth-order valence-corrected chi connectivity index (χ4v) is 3.15. The lowest BCUT2D eigenvalue weighted by Crippen LogP contribution is -2.24. The van der Waals surface area contributed by atoms with Crippen molar-refractivity contribution in [1.82, 2.24) is 19.7 Å². The van der Waals surface area contributed by atoms with Gasteiger partial charge in [-0.05, 0) is 18.6 Å². The van der Waals surface area contributed by atoms with Gasteiger partial charge in [0.05, 0.1) is 11.9 Å². The van der Waals surface area contributed by atoms with Crippen molar-refractivity contribution in [2.24, 2.45) is 0 Å². The molecule has 0 spiro atoms. The Hall–Kier alpha value is -1.93. The van der Waals surface area contributed by atoms with Crippen LogP contribution in [-0.4, -0.2) is 36.5 Å². The Morgan fingerprint density at radius 2 is 2.10 bits per heavy atom. The zero-order chi connectivity index (χ0) is 15.1. The smallest absolute Gasteiger partial charge is 0.242 e. The molecular formula is C13H19N5O2S. The Kier molecular flexibility index (Phi) is 5.29. The van der Waals surface area contributed by atoms with Crippen LogP contribution in [0.4, 0.5) is 5.69 Å². The number of hydrogen-bond acceptors (Lipinski definition) is 5. The van der Waals surface area contributed by atoms with E-state index in [1.165, 1.54) is 0 Å². The van der Waals surface area contributed by atoms with E-state index in [1.54, 1.807) is 42.2 Å². The number of anilines is 1. The lowest BCUT2D eigenvalue weighted by Gasteiger charge is -2.12. The van der Waals surface area contributed by atoms with Crippen molar-refractivity contribution in [3.8, 4) is 0 Å². The van der Waals surface area contributed by atoms with Crippen LogP contribution in [0, 0.1) is 0 Å². The Morgan fingerprint density at radius 3 is 2.81 bits per heavy atom. The maximum Gasteiger partial charge on any atom is 0.242 e. The summed E-state index contributed by atoms with van der Waals surface area (Å²) in [5.74, 6) is 0. The first-order valence-corrected chi connectivity index (χ1v) is 8.28. The quantitative estimate of drug-likeness (QED) is 0.712. The summed E-state index contributed by atoms with van der Waals surface area (Å²) >= 11 is 0. The molecule has 0 aliphatic rings. The molecular weight excluding hydrogens is 290 g/mol. The SMILES string of the molecule is CCNS(=O)(=O)c1ccccc1NCCCn1ccnn1. The summed E-state index contributed by atoms with van der Waals surface area (Å²) in [4.78, 5) is 0.271. The molecule has 0 aliphatic heterocycles. The van der Waals surface area contributed by atoms with Crippen molar-refractivity contribution in [3.63, 3.8) is 0 Å². The van der Waals surface area contributed by atoms with Crippen LogP contribution >= 0.6 is 0 Å². The minimum atomic E-state index is -3.46. The predicted octanol–water partition coefficient (Wildman–Crippen LogP) is 1.08. The van der Waals surface area contributed by atoms with Crippen LogP contribution in [0.5, 0.6) is 0 Å². The average molecular weight is 309 g/mol. The molecule has 0 atom stereocenters. The molecule has 1 aromatic carbocycles. The number of aryl methyl sites for hydroxylation is 1. The van der Waals surface area contributed by atoms with E-state index >= 15 is 0 Å². The lowest BCUT2D eigenvalue weighted by molar-refractivity contribution is 0.569. The summed E-state index contributed by atoms with van der Waals surface area (Å²) < 4.78 is 28.4. The molecule has 0 saturated heterocycles. The van der Waals surface area contributed by atoms with Crippen molar-refractivity contribution < 1.29 is 8.42 Å². The molecule has 0 saturated carbocycles. The fourth-order valence-electron chi connectivity index (χ4n) is 1.93. The Morgan fingerprint density at radius 1 is 1.29 bits per heavy atom. The summed E-state index contributed by atoms with van der Waals surface area (Å²) in [6.07, 6.45) is 4.24. The zero-order valence-electron chi connectivity index (χ0n) is 11.9. The second kappa shape index (κ2) is 7.19. The van der Waals surface area contributed by atoms with Crippen LogP contribution in [0.15, 0.2) is 41.6 Å². The number of nitrogens with zero attached hydrogens (tertiary/aromatic N) is 3. The van der Waals surface area contributed by atoms with E-state index < -0.39 is 10.0 Å². The van der Waals surface area contributed by atoms with Crippen molar-refractivity contribution >= 4 is 15.7 Å². The van der Waals surface area contributed by atoms with E-state index in [-0.39, 0.29) is 4.90 Å². The molecule has 2 N–H and O–H groups in total. The maximum absolute atomic E-state index is 12.1. The van der Waals surface area contributed by atoms with Gasteiger partial charge in [-0.2, -0.15) is 0 Å². The molecule has 0 fully saturated rings. The van der Waals surface area contributed by atoms with E-state index in [2.05, 4.69) is 20.4 Å². The molecule has 114 valence electrons. The number of aromatic nitrogens is 3. The van der Waals surface area contributed by atoms with Gasteiger partial charge in [-0.15, -0.1) is 5.10 Å². The monoisotopic (exact) mass is 309 g/mol. The largest absolute Gasteiger partial charge is 0.384 e. The molecule has 1 aromatic heterocycles. The molecule has 7 nitrogen and oxygen atoms in total. The van der Waals surface area contributed by atoms with Crippen molar-refractivity contribution in [3.05, 3.63) is 36.7 Å². The molecule has 0 aliphatic carbocycles. The third kappa shape index (κ3) is 4.27. The van der Waals surface area contributed by atoms with Gasteiger partial charge in [-0.3, -0.25) is 4.68 Å². The first kappa shape index (κ1) is 15.5. The second-order valence-electron chi connectivity index (χ2n) is 4.44. The summed E-state index contributed by atoms with van der Waals surface area (Å²) in [7, 11) is -3.46. The normalized spacial score (nSPS) is 11.5. The number of hydrogen-bond donors (Lipinski definition) is 2. The van der Waals surface area contributed by atoms with Crippen molar-refractivity contribution in [2.45, 2.75) is 24.8 Å². The average Bonchev–Trinajstić information content (AvgIpc) is 2.97. The minimum Gasteiger partial charge on any atom is -0.384 e. The third-order valence-electron chi connectivity index (χ3n) is 2.86. The Labute approximate surface area is 124 Å². The van der Waals surface area contributed by atoms with Gasteiger partial charge in [0.25, 0.3) is 0 Å². The van der Waals surface area contributed by atoms with Gasteiger partial charge in [-0.1, -0.05) is 24.3 Å². The second-order valence-corrected chi connectivity index (χ2v) is 6.18. The molecule has 21 heavy (non-hydrogen) atoms. The van der Waals surface area contributed by atoms with E-state index in [9.17, 15) is 8.42 Å². The molecule has 1 heterocycles. The standard InChI is InChI=1S/C13H19N5O2S/c1-2-16-21(19,20)13-7-4-3-6-12(13)14-8-5-10-18-11-9-15-17-18/h3-4,6-7,9,11,14,16H,2,5,8,10H2,1H3. The zero-order valence-corrected chi connectivity index (χ0v) is 12.7. The number of rotatable bonds is 8. The van der Waals surface area contributed by atoms with E-state index in [4.69, 9.17) is 0 Å². The minimum absolute atomic E-state index is 0.271. The first-order valence-electron chi connectivity index (χ1n) is 6.80. The molecule has 0 bridgehead atoms. The van der Waals surface area contributed by atoms with Gasteiger partial charge in [-0.25, -0.2) is 13.1 Å². The van der Waals surface area contributed by atoms with Crippen LogP contribution in [0.25, 0.3) is 0 Å². The van der Waals surface area contributed by atoms with Crippen molar-refractivity contribution in [2.75, 3.05) is 18.4 Å². The van der Waals surface area contributed by atoms with E-state index in [0.717, 1.165) is 13.0 Å². The van der Waals surface area contributed by atoms with Gasteiger partial charge in [0.1, 0.15) is 4.90 Å². The van der Waals surface area contributed by atoms with Crippen LogP contribution in [-0.2, 0) is 16.6 Å². The van der Waals surface area contributed by atoms with Gasteiger partial charge < -0.3 is 5.32 Å². The highest BCUT2D eigenvalue weighted by molar-refractivity contribution is 7.89. The van der Waals surface area contributed by atoms with Crippen LogP contribution in [0.1, 0.15) is 13.3 Å². The highest BCUT2D eigenvalue weighted by atomic mass is 32.2. The highest BCUT2D eigenvalue weighted by Crippen LogP contribution is 2.20. The van der Waals surface area contributed by atoms with Gasteiger partial charge in [0.2, 0.25) is 10.0 Å². The fraction of sp³-hybridized carbons (Fsp3) is 0.385. The van der Waals surface area contributed by atoms with Gasteiger partial charge in [0, 0.05) is 25.8 Å². The predicted molar refractivity (Wildman–Crippen MR) is 80.4 cm³/mol. The number of para-hydroxylation sites is 1. The number of nitrogens with one attached hydrogen (secondary N) is 2. The molecule has 8 heteroatoms. The lowest BCUT2D eigenvalue weighted by atomic mass is 10.3. The molecule has 2 aromatic rings. The number of benzene rings is 1. The maximum atomic E-state index is 12.1. The van der Waals surface area contributed by atoms with Gasteiger partial charge in [0.15, 0.2) is 0 Å². The molecule has 0 unspecified atom stereocenters. The molecule has 0 radical (unpaired) electrons. The van der Waals surface area contributed by atoms with Crippen LogP contribution < -0.4 is 10.0 Å². The van der Waals surface area contributed by atoms with E-state index in [0.29, 0.717) is 18.8 Å². The summed E-state index contributed by atoms with van der Waals surface area (Å²) in [6.45, 7) is 3.50. The highest BCUT2D eigenvalue weighted by Gasteiger charge is 2.16. The molecule has 0 amide bonds. The van der Waals surface area contributed by atoms with Crippen LogP contribution in [0.3, 0.4) is 0 Å². The topological polar surface area (TPSA) is 88.9 Å².